The van der Waals surface area contributed by atoms with E-state index in [-0.39, 0.29) is 106 Å². The zero-order chi connectivity index (χ0) is 72.0. The maximum absolute atomic E-state index is 14.4. The largest absolute Gasteiger partial charge is 0.467 e. The Labute approximate surface area is 573 Å². The molecule has 536 valence electrons. The summed E-state index contributed by atoms with van der Waals surface area (Å²) in [5.74, 6) is -5.43. The molecule has 2 heterocycles. The summed E-state index contributed by atoms with van der Waals surface area (Å²) in [5, 5.41) is 18.8. The number of nitrogens with zero attached hydrogens (tertiary/aromatic N) is 4. The predicted molar refractivity (Wildman–Crippen MR) is 365 cm³/mol. The van der Waals surface area contributed by atoms with Crippen molar-refractivity contribution in [2.45, 2.75) is 161 Å². The van der Waals surface area contributed by atoms with Crippen molar-refractivity contribution >= 4 is 82.6 Å². The molecule has 0 aromatic heterocycles. The van der Waals surface area contributed by atoms with E-state index in [9.17, 15) is 57.5 Å². The fraction of sp³-hybridized carbons (Fsp3) is 0.543. The van der Waals surface area contributed by atoms with Crippen LogP contribution in [0.5, 0.6) is 0 Å². The molecule has 9 N–H and O–H groups in total. The van der Waals surface area contributed by atoms with Crippen molar-refractivity contribution in [3.8, 4) is 0 Å². The number of nitrogens with one attached hydrogen (secondary N) is 7. The van der Waals surface area contributed by atoms with Crippen molar-refractivity contribution in [2.24, 2.45) is 23.5 Å². The van der Waals surface area contributed by atoms with Gasteiger partial charge in [0.25, 0.3) is 11.8 Å². The van der Waals surface area contributed by atoms with Gasteiger partial charge in [0.2, 0.25) is 41.4 Å². The van der Waals surface area contributed by atoms with E-state index in [4.69, 9.17) is 24.7 Å². The van der Waals surface area contributed by atoms with Crippen LogP contribution < -0.4 is 43.0 Å². The van der Waals surface area contributed by atoms with Gasteiger partial charge in [-0.3, -0.25) is 58.3 Å². The molecule has 5 rings (SSSR count). The number of nitrogens with two attached hydrogens (primary N) is 1. The number of esters is 1. The van der Waals surface area contributed by atoms with Gasteiger partial charge in [0.15, 0.2) is 0 Å². The summed E-state index contributed by atoms with van der Waals surface area (Å²) in [7, 11) is 7.69. The van der Waals surface area contributed by atoms with Gasteiger partial charge in [-0.1, -0.05) is 102 Å². The van der Waals surface area contributed by atoms with Crippen LogP contribution in [0.2, 0.25) is 0 Å². The van der Waals surface area contributed by atoms with E-state index in [2.05, 4.69) is 37.2 Å². The van der Waals surface area contributed by atoms with Gasteiger partial charge >= 0.3 is 18.1 Å². The van der Waals surface area contributed by atoms with Gasteiger partial charge in [-0.15, -0.1) is 0 Å². The molecule has 3 aromatic rings. The number of carbonyl (C=O) groups is 12. The van der Waals surface area contributed by atoms with E-state index in [0.29, 0.717) is 62.0 Å². The highest BCUT2D eigenvalue weighted by atomic mass is 16.5. The molecule has 2 aliphatic heterocycles. The molecule has 0 bridgehead atoms. The number of urea groups is 1. The third-order valence-corrected chi connectivity index (χ3v) is 17.6. The Morgan fingerprint density at radius 3 is 2.03 bits per heavy atom. The molecule has 1 saturated heterocycles. The van der Waals surface area contributed by atoms with E-state index in [1.165, 1.54) is 33.5 Å². The fourth-order valence-corrected chi connectivity index (χ4v) is 12.3. The van der Waals surface area contributed by atoms with E-state index < -0.39 is 96.6 Å². The quantitative estimate of drug-likeness (QED) is 0.0223. The van der Waals surface area contributed by atoms with Crippen molar-refractivity contribution in [1.29, 1.82) is 0 Å². The van der Waals surface area contributed by atoms with Crippen LogP contribution in [0.3, 0.4) is 0 Å². The lowest BCUT2D eigenvalue weighted by atomic mass is 9.90. The molecular formula is C70H100N12O16. The van der Waals surface area contributed by atoms with Crippen LogP contribution >= 0.6 is 0 Å². The molecule has 12 amide bonds. The predicted octanol–water partition coefficient (Wildman–Crippen LogP) is 4.30. The van der Waals surface area contributed by atoms with Gasteiger partial charge in [-0.05, 0) is 98.4 Å². The number of ether oxygens (including phenoxy) is 4. The van der Waals surface area contributed by atoms with Crippen LogP contribution in [-0.4, -0.2) is 201 Å². The number of hydrogen-bond donors (Lipinski definition) is 8. The first-order valence-electron chi connectivity index (χ1n) is 33.3. The number of methoxy groups -OCH3 is 3. The van der Waals surface area contributed by atoms with Crippen LogP contribution in [0.15, 0.2) is 91.0 Å². The number of amides is 12. The zero-order valence-electron chi connectivity index (χ0n) is 58.1. The van der Waals surface area contributed by atoms with Crippen LogP contribution in [-0.2, 0) is 86.5 Å². The summed E-state index contributed by atoms with van der Waals surface area (Å²) in [4.78, 5) is 162. The Kier molecular flexibility index (Phi) is 32.8. The van der Waals surface area contributed by atoms with Crippen molar-refractivity contribution < 1.29 is 76.5 Å². The van der Waals surface area contributed by atoms with E-state index >= 15 is 0 Å². The topological polar surface area (TPSA) is 365 Å². The number of hydrogen-bond acceptors (Lipinski definition) is 17. The average Bonchev–Trinajstić information content (AvgIpc) is 1.49. The second-order valence-electron chi connectivity index (χ2n) is 25.1. The van der Waals surface area contributed by atoms with Crippen molar-refractivity contribution in [3.63, 3.8) is 0 Å². The van der Waals surface area contributed by atoms with Crippen LogP contribution in [0.25, 0.3) is 0 Å². The van der Waals surface area contributed by atoms with Crippen LogP contribution in [0, 0.1) is 17.8 Å². The lowest BCUT2D eigenvalue weighted by Gasteiger charge is -2.39. The molecule has 9 atom stereocenters. The molecule has 28 heteroatoms. The maximum Gasteiger partial charge on any atom is 0.411 e. The summed E-state index contributed by atoms with van der Waals surface area (Å²) in [6, 6.07) is 18.3. The van der Waals surface area contributed by atoms with Crippen LogP contribution in [0.4, 0.5) is 21.0 Å². The molecule has 0 spiro atoms. The number of likely N-dealkylation sites (tertiary alicyclic amines) is 1. The first kappa shape index (κ1) is 79.4. The van der Waals surface area contributed by atoms with Gasteiger partial charge < -0.3 is 66.4 Å². The van der Waals surface area contributed by atoms with Gasteiger partial charge in [-0.25, -0.2) is 14.4 Å². The number of imide groups is 1. The summed E-state index contributed by atoms with van der Waals surface area (Å²) in [6.07, 6.45) is 4.30. The average molecular weight is 1370 g/mol. The monoisotopic (exact) mass is 1360 g/mol. The first-order chi connectivity index (χ1) is 46.8. The van der Waals surface area contributed by atoms with Crippen molar-refractivity contribution in [1.82, 2.24) is 46.2 Å². The van der Waals surface area contributed by atoms with E-state index in [0.717, 1.165) is 16.0 Å². The number of likely N-dealkylation sites (N-methyl/N-ethyl adjacent to an activating group) is 2. The summed E-state index contributed by atoms with van der Waals surface area (Å²) in [5.41, 5.74) is 8.17. The normalized spacial score (nSPS) is 16.0. The highest BCUT2D eigenvalue weighted by Crippen LogP contribution is 2.30. The molecular weight excluding hydrogens is 1260 g/mol. The van der Waals surface area contributed by atoms with Gasteiger partial charge in [0.05, 0.1) is 62.9 Å². The number of primary amides is 1. The minimum absolute atomic E-state index is 0.0759. The molecule has 3 aromatic carbocycles. The molecule has 1 fully saturated rings. The van der Waals surface area contributed by atoms with Crippen molar-refractivity contribution in [2.75, 3.05) is 78.8 Å². The lowest BCUT2D eigenvalue weighted by Crippen LogP contribution is -2.55. The Morgan fingerprint density at radius 1 is 0.694 bits per heavy atom. The van der Waals surface area contributed by atoms with Crippen LogP contribution in [0.1, 0.15) is 116 Å². The standard InChI is InChI=1S/C70H100N12O16/c1-11-45(4)63(55(95-8)39-60(87)81-36-20-26-54(81)64(96-9)46(5)65(89)78-53(68(92)97-10)38-47-21-14-12-15-22-47)80(7)61(88)41-74-67(91)62(44(2)3)79(6)42-49-23-18-24-51(37-49)76-70(94)98-43-48-28-30-50(31-29-48)75-66(90)52(25-19-34-72-69(71)93)77-57(84)40-73-56(83)27-16-13-17-35-82-58(85)32-33-59(82)86/h12,14-15,18,21-24,28-33,37,44-46,52-55,62-64H,11,13,16-17,19-20,25-27,34-36,38-43H2,1-10H3,(H,73,83)(H,74,91)(H,75,90)(H,76,94)(H,77,84)(H,78,89)(H3,71,72,93)/t45-,46+,52-,53-,54-,55+,62?,63?,64+/m0/s1. The minimum atomic E-state index is -1.06. The SMILES string of the molecule is CC[C@H](C)C([C@@H](CC(=O)N1CCC[C@H]1[C@H](OC)[C@@H](C)C(=O)N[C@@H](Cc1ccccc1)C(=O)OC)OC)N(C)C(=O)CNC(=O)C(C(C)C)N(C)Cc1cccc(NC(=O)OCc2ccc(NC(=O)[C@H](CCCNC(N)=O)NC(=O)CNC(=O)CCCCCN3C(=O)C=CC3=O)cc2)c1. The molecule has 0 aliphatic carbocycles. The summed E-state index contributed by atoms with van der Waals surface area (Å²) >= 11 is 0. The first-order valence-corrected chi connectivity index (χ1v) is 33.3. The number of rotatable bonds is 40. The molecule has 98 heavy (non-hydrogen) atoms. The number of benzene rings is 3. The molecule has 28 nitrogen and oxygen atoms in total. The maximum atomic E-state index is 14.4. The third-order valence-electron chi connectivity index (χ3n) is 17.6. The highest BCUT2D eigenvalue weighted by Gasteiger charge is 2.43. The van der Waals surface area contributed by atoms with E-state index in [1.807, 2.05) is 69.0 Å². The minimum Gasteiger partial charge on any atom is -0.467 e. The smallest absolute Gasteiger partial charge is 0.411 e. The second kappa shape index (κ2) is 40.4. The Bertz CT molecular complexity index is 3210. The third kappa shape index (κ3) is 25.0. The Morgan fingerprint density at radius 2 is 1.39 bits per heavy atom. The van der Waals surface area contributed by atoms with Crippen molar-refractivity contribution in [3.05, 3.63) is 108 Å². The zero-order valence-corrected chi connectivity index (χ0v) is 58.1. The Hall–Kier alpha value is -9.28. The highest BCUT2D eigenvalue weighted by molar-refractivity contribution is 6.12. The van der Waals surface area contributed by atoms with Gasteiger partial charge in [0, 0.05) is 83.8 Å². The Balaban J connectivity index is 1.09. The molecule has 0 radical (unpaired) electrons. The summed E-state index contributed by atoms with van der Waals surface area (Å²) < 4.78 is 22.5. The van der Waals surface area contributed by atoms with Gasteiger partial charge in [-0.2, -0.15) is 0 Å². The number of anilines is 2. The van der Waals surface area contributed by atoms with Gasteiger partial charge in [0.1, 0.15) is 18.7 Å². The molecule has 2 aliphatic rings. The summed E-state index contributed by atoms with van der Waals surface area (Å²) in [6.45, 7) is 9.69. The lowest BCUT2D eigenvalue weighted by molar-refractivity contribution is -0.148. The second-order valence-corrected chi connectivity index (χ2v) is 25.1. The number of unbranched alkanes of at least 4 members (excludes halogenated alkanes) is 2. The fourth-order valence-electron chi connectivity index (χ4n) is 12.3. The molecule has 0 saturated carbocycles. The molecule has 2 unspecified atom stereocenters. The van der Waals surface area contributed by atoms with E-state index in [1.54, 1.807) is 73.3 Å². The number of carbonyl (C=O) groups excluding carboxylic acids is 12.